The van der Waals surface area contributed by atoms with Crippen molar-refractivity contribution in [3.63, 3.8) is 0 Å². The van der Waals surface area contributed by atoms with Crippen LogP contribution >= 0.6 is 0 Å². The third-order valence-corrected chi connectivity index (χ3v) is 5.96. The van der Waals surface area contributed by atoms with Gasteiger partial charge in [0.2, 0.25) is 0 Å². The fourth-order valence-corrected chi connectivity index (χ4v) is 4.05. The first-order valence-corrected chi connectivity index (χ1v) is 11.5. The van der Waals surface area contributed by atoms with Crippen molar-refractivity contribution in [2.75, 3.05) is 51.8 Å². The molecule has 6 heteroatoms. The molecule has 1 amide bonds. The van der Waals surface area contributed by atoms with Crippen LogP contribution in [0.1, 0.15) is 41.6 Å². The van der Waals surface area contributed by atoms with Crippen molar-refractivity contribution in [1.82, 2.24) is 15.2 Å². The molecule has 3 rings (SSSR count). The lowest BCUT2D eigenvalue weighted by molar-refractivity contribution is 0.0943. The fourth-order valence-electron chi connectivity index (χ4n) is 4.05. The van der Waals surface area contributed by atoms with Gasteiger partial charge in [0.05, 0.1) is 0 Å². The molecule has 1 aliphatic heterocycles. The van der Waals surface area contributed by atoms with E-state index in [0.717, 1.165) is 44.3 Å². The standard InChI is InChI=1S/C25H36N4O2/c1-31-19-5-13-26-24-20-23(10-14-27-24)25(30)28-15-18-29-16-11-22(12-17-29)9-8-21-6-3-2-4-7-21/h2-4,6-7,10,14,20,22H,5,8-9,11-13,15-19H2,1H3,(H,26,27)(H,28,30). The Morgan fingerprint density at radius 1 is 1.16 bits per heavy atom. The van der Waals surface area contributed by atoms with Crippen LogP contribution in [-0.4, -0.2) is 62.2 Å². The zero-order valence-electron chi connectivity index (χ0n) is 18.7. The molecule has 0 aliphatic carbocycles. The Hall–Kier alpha value is -2.44. The number of benzene rings is 1. The molecular weight excluding hydrogens is 388 g/mol. The number of likely N-dealkylation sites (tertiary alicyclic amines) is 1. The van der Waals surface area contributed by atoms with Gasteiger partial charge in [0.25, 0.3) is 5.91 Å². The molecule has 1 aromatic heterocycles. The first-order valence-electron chi connectivity index (χ1n) is 11.5. The summed E-state index contributed by atoms with van der Waals surface area (Å²) in [7, 11) is 1.69. The highest BCUT2D eigenvalue weighted by atomic mass is 16.5. The van der Waals surface area contributed by atoms with Crippen molar-refractivity contribution in [2.45, 2.75) is 32.1 Å². The summed E-state index contributed by atoms with van der Waals surface area (Å²) >= 11 is 0. The Kier molecular flexibility index (Phi) is 9.80. The number of aromatic nitrogens is 1. The van der Waals surface area contributed by atoms with Crippen molar-refractivity contribution in [3.05, 3.63) is 59.8 Å². The Balaban J connectivity index is 1.31. The van der Waals surface area contributed by atoms with Crippen molar-refractivity contribution in [3.8, 4) is 0 Å². The molecule has 2 N–H and O–H groups in total. The smallest absolute Gasteiger partial charge is 0.251 e. The lowest BCUT2D eigenvalue weighted by atomic mass is 9.90. The van der Waals surface area contributed by atoms with Crippen LogP contribution in [-0.2, 0) is 11.2 Å². The van der Waals surface area contributed by atoms with Gasteiger partial charge >= 0.3 is 0 Å². The van der Waals surface area contributed by atoms with E-state index in [1.165, 1.54) is 31.2 Å². The molecular formula is C25H36N4O2. The number of carbonyl (C=O) groups excluding carboxylic acids is 1. The lowest BCUT2D eigenvalue weighted by Crippen LogP contribution is -2.39. The number of hydrogen-bond donors (Lipinski definition) is 2. The van der Waals surface area contributed by atoms with Crippen LogP contribution in [0.3, 0.4) is 0 Å². The fraction of sp³-hybridized carbons (Fsp3) is 0.520. The number of anilines is 1. The van der Waals surface area contributed by atoms with Crippen LogP contribution in [0.4, 0.5) is 5.82 Å². The first kappa shape index (κ1) is 23.2. The maximum atomic E-state index is 12.5. The molecule has 6 nitrogen and oxygen atoms in total. The average Bonchev–Trinajstić information content (AvgIpc) is 2.82. The Morgan fingerprint density at radius 3 is 2.74 bits per heavy atom. The maximum absolute atomic E-state index is 12.5. The summed E-state index contributed by atoms with van der Waals surface area (Å²) < 4.78 is 5.04. The summed E-state index contributed by atoms with van der Waals surface area (Å²) in [6.45, 7) is 5.31. The lowest BCUT2D eigenvalue weighted by Gasteiger charge is -2.32. The molecule has 0 atom stereocenters. The monoisotopic (exact) mass is 424 g/mol. The Bertz CT molecular complexity index is 776. The topological polar surface area (TPSA) is 66.5 Å². The third-order valence-electron chi connectivity index (χ3n) is 5.96. The highest BCUT2D eigenvalue weighted by Crippen LogP contribution is 2.22. The number of aryl methyl sites for hydroxylation is 1. The quantitative estimate of drug-likeness (QED) is 0.510. The maximum Gasteiger partial charge on any atom is 0.251 e. The summed E-state index contributed by atoms with van der Waals surface area (Å²) in [4.78, 5) is 19.2. The SMILES string of the molecule is COCCCNc1cc(C(=O)NCCN2CCC(CCc3ccccc3)CC2)ccn1. The molecule has 0 unspecified atom stereocenters. The van der Waals surface area contributed by atoms with Gasteiger partial charge in [-0.2, -0.15) is 0 Å². The van der Waals surface area contributed by atoms with E-state index in [0.29, 0.717) is 18.7 Å². The number of piperidine rings is 1. The number of nitrogens with zero attached hydrogens (tertiary/aromatic N) is 2. The van der Waals surface area contributed by atoms with E-state index in [-0.39, 0.29) is 5.91 Å². The minimum absolute atomic E-state index is 0.0416. The molecule has 2 heterocycles. The highest BCUT2D eigenvalue weighted by Gasteiger charge is 2.19. The van der Waals surface area contributed by atoms with Crippen LogP contribution in [0, 0.1) is 5.92 Å². The van der Waals surface area contributed by atoms with Gasteiger partial charge in [-0.1, -0.05) is 30.3 Å². The molecule has 1 aliphatic rings. The Labute approximate surface area is 186 Å². The molecule has 1 fully saturated rings. The molecule has 0 saturated carbocycles. The third kappa shape index (κ3) is 8.31. The number of pyridine rings is 1. The number of hydrogen-bond acceptors (Lipinski definition) is 5. The van der Waals surface area contributed by atoms with Crippen LogP contribution in [0.25, 0.3) is 0 Å². The van der Waals surface area contributed by atoms with Crippen LogP contribution in [0.15, 0.2) is 48.7 Å². The molecule has 2 aromatic rings. The van der Waals surface area contributed by atoms with Crippen LogP contribution < -0.4 is 10.6 Å². The van der Waals surface area contributed by atoms with Crippen LogP contribution in [0.2, 0.25) is 0 Å². The van der Waals surface area contributed by atoms with Gasteiger partial charge in [0.15, 0.2) is 0 Å². The molecule has 0 radical (unpaired) electrons. The minimum atomic E-state index is -0.0416. The highest BCUT2D eigenvalue weighted by molar-refractivity contribution is 5.94. The van der Waals surface area contributed by atoms with E-state index in [1.54, 1.807) is 25.4 Å². The van der Waals surface area contributed by atoms with Gasteiger partial charge in [-0.15, -0.1) is 0 Å². The van der Waals surface area contributed by atoms with E-state index < -0.39 is 0 Å². The molecule has 0 spiro atoms. The Morgan fingerprint density at radius 2 is 1.97 bits per heavy atom. The molecule has 31 heavy (non-hydrogen) atoms. The van der Waals surface area contributed by atoms with Crippen molar-refractivity contribution < 1.29 is 9.53 Å². The number of rotatable bonds is 12. The summed E-state index contributed by atoms with van der Waals surface area (Å²) in [6, 6.07) is 14.3. The van der Waals surface area contributed by atoms with Gasteiger partial charge in [0, 0.05) is 45.1 Å². The second-order valence-corrected chi connectivity index (χ2v) is 8.27. The van der Waals surface area contributed by atoms with Gasteiger partial charge in [-0.25, -0.2) is 4.98 Å². The summed E-state index contributed by atoms with van der Waals surface area (Å²) in [5, 5.41) is 6.28. The number of amides is 1. The molecule has 168 valence electrons. The van der Waals surface area contributed by atoms with Crippen molar-refractivity contribution in [1.29, 1.82) is 0 Å². The van der Waals surface area contributed by atoms with E-state index in [2.05, 4.69) is 50.8 Å². The van der Waals surface area contributed by atoms with Gasteiger partial charge in [-0.3, -0.25) is 4.79 Å². The zero-order chi connectivity index (χ0) is 21.7. The first-order chi connectivity index (χ1) is 15.2. The van der Waals surface area contributed by atoms with E-state index in [1.807, 2.05) is 0 Å². The molecule has 1 saturated heterocycles. The number of methoxy groups -OCH3 is 1. The van der Waals surface area contributed by atoms with E-state index in [4.69, 9.17) is 4.74 Å². The summed E-state index contributed by atoms with van der Waals surface area (Å²) in [5.74, 6) is 1.50. The van der Waals surface area contributed by atoms with E-state index in [9.17, 15) is 4.79 Å². The summed E-state index contributed by atoms with van der Waals surface area (Å²) in [5.41, 5.74) is 2.08. The second-order valence-electron chi connectivity index (χ2n) is 8.27. The summed E-state index contributed by atoms with van der Waals surface area (Å²) in [6.07, 6.45) is 7.53. The predicted octanol–water partition coefficient (Wildman–Crippen LogP) is 3.60. The molecule has 1 aromatic carbocycles. The normalized spacial score (nSPS) is 15.0. The van der Waals surface area contributed by atoms with Gasteiger partial charge in [0.1, 0.15) is 5.82 Å². The van der Waals surface area contributed by atoms with E-state index >= 15 is 0 Å². The zero-order valence-corrected chi connectivity index (χ0v) is 18.7. The largest absolute Gasteiger partial charge is 0.385 e. The van der Waals surface area contributed by atoms with Gasteiger partial charge < -0.3 is 20.3 Å². The van der Waals surface area contributed by atoms with Crippen molar-refractivity contribution >= 4 is 11.7 Å². The second kappa shape index (κ2) is 13.1. The number of ether oxygens (including phenoxy) is 1. The minimum Gasteiger partial charge on any atom is -0.385 e. The number of carbonyl (C=O) groups is 1. The van der Waals surface area contributed by atoms with Gasteiger partial charge in [-0.05, 0) is 68.8 Å². The number of nitrogens with one attached hydrogen (secondary N) is 2. The van der Waals surface area contributed by atoms with Crippen molar-refractivity contribution in [2.24, 2.45) is 5.92 Å². The van der Waals surface area contributed by atoms with Crippen LogP contribution in [0.5, 0.6) is 0 Å². The molecule has 0 bridgehead atoms. The predicted molar refractivity (Wildman–Crippen MR) is 125 cm³/mol. The average molecular weight is 425 g/mol.